The average Bonchev–Trinajstić information content (AvgIpc) is 3.45. The molecule has 5 heterocycles. The maximum atomic E-state index is 11.7. The smallest absolute Gasteiger partial charge is 0.225 e. The minimum absolute atomic E-state index is 0.395. The normalized spacial score (nSPS) is 16.4. The quantitative estimate of drug-likeness (QED) is 0.292. The molecule has 0 radical (unpaired) electrons. The number of nitrogen functional groups attached to an aromatic ring is 1. The Bertz CT molecular complexity index is 1830. The molecule has 0 unspecified atom stereocenters. The molecule has 1 saturated heterocycles. The monoisotopic (exact) mass is 605 g/mol. The number of anilines is 1. The number of pyridine rings is 2. The predicted octanol–water partition coefficient (Wildman–Crippen LogP) is 4.35. The molecule has 0 bridgehead atoms. The lowest BCUT2D eigenvalue weighted by Gasteiger charge is -2.31. The fraction of sp³-hybridized carbons (Fsp3) is 0.382. The number of benzene rings is 1. The lowest BCUT2D eigenvalue weighted by Crippen LogP contribution is -2.44. The van der Waals surface area contributed by atoms with Gasteiger partial charge in [0.1, 0.15) is 11.3 Å². The van der Waals surface area contributed by atoms with E-state index in [2.05, 4.69) is 38.2 Å². The van der Waals surface area contributed by atoms with Gasteiger partial charge in [0, 0.05) is 36.9 Å². The lowest BCUT2D eigenvalue weighted by atomic mass is 10.1. The summed E-state index contributed by atoms with van der Waals surface area (Å²) in [6, 6.07) is 14.9. The summed E-state index contributed by atoms with van der Waals surface area (Å²) < 4.78 is 9.02. The van der Waals surface area contributed by atoms with Gasteiger partial charge in [-0.1, -0.05) is 6.07 Å². The molecule has 0 atom stereocenters. The summed E-state index contributed by atoms with van der Waals surface area (Å²) in [5.74, 6) is 3.30. The van der Waals surface area contributed by atoms with Crippen LogP contribution < -0.4 is 15.8 Å². The number of nitrogens with one attached hydrogen (secondary N) is 1. The van der Waals surface area contributed by atoms with E-state index in [0.29, 0.717) is 41.1 Å². The molecule has 2 fully saturated rings. The van der Waals surface area contributed by atoms with E-state index in [0.717, 1.165) is 74.0 Å². The third-order valence-electron chi connectivity index (χ3n) is 9.08. The maximum Gasteiger partial charge on any atom is 0.225 e. The van der Waals surface area contributed by atoms with E-state index >= 15 is 0 Å². The average molecular weight is 606 g/mol. The van der Waals surface area contributed by atoms with Crippen LogP contribution in [0.2, 0.25) is 0 Å². The van der Waals surface area contributed by atoms with Crippen LogP contribution in [0.25, 0.3) is 34.1 Å². The highest BCUT2D eigenvalue weighted by Gasteiger charge is 2.34. The second-order valence-corrected chi connectivity index (χ2v) is 12.0. The van der Waals surface area contributed by atoms with Crippen LogP contribution in [0.3, 0.4) is 0 Å². The van der Waals surface area contributed by atoms with Crippen LogP contribution in [0.1, 0.15) is 43.2 Å². The first-order valence-electron chi connectivity index (χ1n) is 15.8. The van der Waals surface area contributed by atoms with E-state index in [4.69, 9.17) is 20.4 Å². The van der Waals surface area contributed by atoms with Crippen molar-refractivity contribution in [2.75, 3.05) is 33.0 Å². The van der Waals surface area contributed by atoms with Crippen LogP contribution in [-0.2, 0) is 17.6 Å². The highest BCUT2D eigenvalue weighted by molar-refractivity contribution is 5.83. The summed E-state index contributed by atoms with van der Waals surface area (Å²) >= 11 is 0. The van der Waals surface area contributed by atoms with Gasteiger partial charge in [-0.25, -0.2) is 19.6 Å². The summed E-state index contributed by atoms with van der Waals surface area (Å²) in [6.45, 7) is 1.92. The topological polar surface area (TPSA) is 129 Å². The first-order valence-corrected chi connectivity index (χ1v) is 15.8. The van der Waals surface area contributed by atoms with Crippen molar-refractivity contribution in [3.05, 3.63) is 72.2 Å². The number of nitrogens with zero attached hydrogens (tertiary/aromatic N) is 7. The van der Waals surface area contributed by atoms with Crippen LogP contribution in [0.5, 0.6) is 5.75 Å². The number of hydrogen-bond acceptors (Lipinski definition) is 8. The zero-order valence-electron chi connectivity index (χ0n) is 25.8. The van der Waals surface area contributed by atoms with Crippen molar-refractivity contribution in [2.45, 2.75) is 51.0 Å². The zero-order valence-corrected chi connectivity index (χ0v) is 25.8. The summed E-state index contributed by atoms with van der Waals surface area (Å²) in [5, 5.41) is 7.63. The Morgan fingerprint density at radius 2 is 1.84 bits per heavy atom. The van der Waals surface area contributed by atoms with E-state index in [9.17, 15) is 4.79 Å². The van der Waals surface area contributed by atoms with Crippen LogP contribution in [0.15, 0.2) is 61.1 Å². The Kier molecular flexibility index (Phi) is 7.93. The van der Waals surface area contributed by atoms with Crippen molar-refractivity contribution < 1.29 is 9.53 Å². The van der Waals surface area contributed by atoms with Crippen molar-refractivity contribution in [3.63, 3.8) is 0 Å². The molecule has 11 heteroatoms. The molecule has 2 aliphatic carbocycles. The van der Waals surface area contributed by atoms with Crippen molar-refractivity contribution in [2.24, 2.45) is 5.92 Å². The molecule has 45 heavy (non-hydrogen) atoms. The number of ether oxygens (including phenoxy) is 1. The SMILES string of the molecule is CNC1CCN(C(=O)C2CC2)CC1.COc1cnn(-c2ccc3nc(-c4cccnc4N)n(-c4ccc5c(c4)CCC5)c3n2)c1. The van der Waals surface area contributed by atoms with Crippen LogP contribution in [0.4, 0.5) is 5.82 Å². The largest absolute Gasteiger partial charge is 0.493 e. The number of rotatable bonds is 6. The zero-order chi connectivity index (χ0) is 30.9. The number of methoxy groups -OCH3 is 1. The Balaban J connectivity index is 0.000000209. The molecule has 11 nitrogen and oxygen atoms in total. The van der Waals surface area contributed by atoms with Gasteiger partial charge >= 0.3 is 0 Å². The lowest BCUT2D eigenvalue weighted by molar-refractivity contribution is -0.133. The molecule has 1 saturated carbocycles. The number of aromatic nitrogens is 6. The molecule has 1 amide bonds. The van der Waals surface area contributed by atoms with Crippen LogP contribution in [0, 0.1) is 5.92 Å². The van der Waals surface area contributed by atoms with Gasteiger partial charge in [0.25, 0.3) is 0 Å². The van der Waals surface area contributed by atoms with E-state index in [1.807, 2.05) is 36.2 Å². The number of imidazole rings is 1. The summed E-state index contributed by atoms with van der Waals surface area (Å²) in [7, 11) is 3.62. The Labute approximate surface area is 262 Å². The van der Waals surface area contributed by atoms with Gasteiger partial charge in [0.15, 0.2) is 23.0 Å². The number of carbonyl (C=O) groups excluding carboxylic acids is 1. The van der Waals surface area contributed by atoms with Crippen molar-refractivity contribution in [3.8, 4) is 28.6 Å². The van der Waals surface area contributed by atoms with Crippen molar-refractivity contribution >= 4 is 22.9 Å². The maximum absolute atomic E-state index is 11.7. The van der Waals surface area contributed by atoms with E-state index in [1.54, 1.807) is 30.4 Å². The van der Waals surface area contributed by atoms with E-state index < -0.39 is 0 Å². The fourth-order valence-corrected chi connectivity index (χ4v) is 6.32. The molecule has 5 aromatic rings. The van der Waals surface area contributed by atoms with Gasteiger partial charge in [-0.15, -0.1) is 0 Å². The van der Waals surface area contributed by atoms with Gasteiger partial charge in [0.2, 0.25) is 5.91 Å². The van der Waals surface area contributed by atoms with Crippen molar-refractivity contribution in [1.29, 1.82) is 0 Å². The molecule has 4 aromatic heterocycles. The summed E-state index contributed by atoms with van der Waals surface area (Å²) in [4.78, 5) is 27.8. The van der Waals surface area contributed by atoms with E-state index in [-0.39, 0.29) is 0 Å². The third kappa shape index (κ3) is 5.87. The van der Waals surface area contributed by atoms with Gasteiger partial charge in [-0.05, 0) is 99.5 Å². The standard InChI is InChI=1S/C24H21N7O.C10H18N2O/c1-32-18-13-27-30(14-18)21-10-9-20-24(29-21)31(17-8-7-15-4-2-5-16(15)12-17)23(28-20)19-6-3-11-26-22(19)25;1-11-9-4-6-12(7-5-9)10(13)8-2-3-8/h3,6-14H,2,4-5H2,1H3,(H2,25,26);8-9,11H,2-7H2,1H3. The van der Waals surface area contributed by atoms with Gasteiger partial charge in [-0.2, -0.15) is 5.10 Å². The number of carbonyl (C=O) groups is 1. The Morgan fingerprint density at radius 1 is 1.02 bits per heavy atom. The molecule has 8 rings (SSSR count). The number of aryl methyl sites for hydroxylation is 2. The number of nitrogens with two attached hydrogens (primary N) is 1. The first-order chi connectivity index (χ1) is 22.0. The number of piperidine rings is 1. The van der Waals surface area contributed by atoms with Crippen LogP contribution in [-0.4, -0.2) is 73.4 Å². The fourth-order valence-electron chi connectivity index (χ4n) is 6.32. The highest BCUT2D eigenvalue weighted by atomic mass is 16.5. The second-order valence-electron chi connectivity index (χ2n) is 12.0. The number of hydrogen-bond donors (Lipinski definition) is 2. The molecular weight excluding hydrogens is 566 g/mol. The molecule has 3 aliphatic rings. The number of likely N-dealkylation sites (tertiary alicyclic amines) is 1. The Hall–Kier alpha value is -4.77. The summed E-state index contributed by atoms with van der Waals surface area (Å²) in [6.07, 6.45) is 13.0. The van der Waals surface area contributed by atoms with Crippen molar-refractivity contribution in [1.82, 2.24) is 39.5 Å². The number of fused-ring (bicyclic) bond motifs is 2. The minimum Gasteiger partial charge on any atom is -0.493 e. The molecule has 232 valence electrons. The third-order valence-corrected chi connectivity index (χ3v) is 9.08. The second kappa shape index (κ2) is 12.3. The molecule has 0 spiro atoms. The number of amides is 1. The van der Waals surface area contributed by atoms with Gasteiger partial charge in [0.05, 0.1) is 25.1 Å². The minimum atomic E-state index is 0.395. The Morgan fingerprint density at radius 3 is 2.58 bits per heavy atom. The van der Waals surface area contributed by atoms with Crippen LogP contribution >= 0.6 is 0 Å². The van der Waals surface area contributed by atoms with E-state index in [1.165, 1.54) is 17.5 Å². The molecular formula is C34H39N9O2. The first kappa shape index (κ1) is 29.0. The molecule has 3 N–H and O–H groups in total. The molecule has 1 aliphatic heterocycles. The van der Waals surface area contributed by atoms with Gasteiger partial charge in [-0.3, -0.25) is 9.36 Å². The highest BCUT2D eigenvalue weighted by Crippen LogP contribution is 2.33. The summed E-state index contributed by atoms with van der Waals surface area (Å²) in [5.41, 5.74) is 12.3. The predicted molar refractivity (Wildman–Crippen MR) is 174 cm³/mol. The molecule has 1 aromatic carbocycles. The van der Waals surface area contributed by atoms with Gasteiger partial charge < -0.3 is 20.7 Å².